The van der Waals surface area contributed by atoms with Crippen molar-refractivity contribution in [3.8, 4) is 0 Å². The van der Waals surface area contributed by atoms with Gasteiger partial charge in [0, 0.05) is 44.0 Å². The number of sulfone groups is 1. The molecular formula is C17H28Cl3N3O3S. The Labute approximate surface area is 179 Å². The molecule has 0 saturated carbocycles. The minimum absolute atomic E-state index is 0. The van der Waals surface area contributed by atoms with Crippen molar-refractivity contribution in [2.45, 2.75) is 25.4 Å². The van der Waals surface area contributed by atoms with Gasteiger partial charge in [0.2, 0.25) is 5.91 Å². The van der Waals surface area contributed by atoms with Crippen molar-refractivity contribution < 1.29 is 13.2 Å². The molecule has 0 aromatic heterocycles. The molecule has 1 aromatic rings. The molecule has 1 aliphatic rings. The van der Waals surface area contributed by atoms with Crippen molar-refractivity contribution >= 4 is 52.2 Å². The highest BCUT2D eigenvalue weighted by atomic mass is 35.5. The summed E-state index contributed by atoms with van der Waals surface area (Å²) in [5.41, 5.74) is 7.09. The van der Waals surface area contributed by atoms with Crippen LogP contribution in [-0.4, -0.2) is 68.4 Å². The molecule has 27 heavy (non-hydrogen) atoms. The molecule has 2 rings (SSSR count). The third-order valence-corrected chi connectivity index (χ3v) is 5.57. The van der Waals surface area contributed by atoms with Crippen molar-refractivity contribution in [1.29, 1.82) is 0 Å². The predicted molar refractivity (Wildman–Crippen MR) is 115 cm³/mol. The lowest BCUT2D eigenvalue weighted by atomic mass is 10.2. The Morgan fingerprint density at radius 3 is 2.37 bits per heavy atom. The second-order valence-electron chi connectivity index (χ2n) is 6.61. The Morgan fingerprint density at radius 2 is 1.78 bits per heavy atom. The first-order chi connectivity index (χ1) is 11.7. The van der Waals surface area contributed by atoms with Crippen LogP contribution in [0, 0.1) is 0 Å². The third kappa shape index (κ3) is 9.45. The minimum atomic E-state index is -3.11. The van der Waals surface area contributed by atoms with Crippen LogP contribution in [0.15, 0.2) is 24.3 Å². The molecule has 1 saturated heterocycles. The third-order valence-electron chi connectivity index (χ3n) is 4.34. The Morgan fingerprint density at radius 1 is 1.15 bits per heavy atom. The zero-order chi connectivity index (χ0) is 18.4. The normalized spacial score (nSPS) is 16.6. The van der Waals surface area contributed by atoms with Gasteiger partial charge in [0.15, 0.2) is 0 Å². The molecule has 6 nitrogen and oxygen atoms in total. The zero-order valence-corrected chi connectivity index (χ0v) is 18.5. The number of carbonyl (C=O) groups is 1. The van der Waals surface area contributed by atoms with E-state index in [0.29, 0.717) is 13.1 Å². The molecule has 0 bridgehead atoms. The van der Waals surface area contributed by atoms with Crippen LogP contribution >= 0.6 is 36.4 Å². The average molecular weight is 461 g/mol. The quantitative estimate of drug-likeness (QED) is 0.702. The number of carbonyl (C=O) groups excluding carboxylic acids is 1. The molecule has 2 N–H and O–H groups in total. The van der Waals surface area contributed by atoms with Crippen LogP contribution in [0.25, 0.3) is 0 Å². The van der Waals surface area contributed by atoms with Crippen LogP contribution in [0.2, 0.25) is 5.02 Å². The van der Waals surface area contributed by atoms with Gasteiger partial charge in [-0.3, -0.25) is 9.69 Å². The maximum atomic E-state index is 12.4. The van der Waals surface area contributed by atoms with Gasteiger partial charge in [-0.25, -0.2) is 8.42 Å². The Balaban J connectivity index is 0.00000338. The molecule has 1 fully saturated rings. The Kier molecular flexibility index (Phi) is 11.8. The lowest BCUT2D eigenvalue weighted by Crippen LogP contribution is -2.46. The van der Waals surface area contributed by atoms with Gasteiger partial charge in [0.1, 0.15) is 9.84 Å². The Bertz CT molecular complexity index is 686. The van der Waals surface area contributed by atoms with Crippen molar-refractivity contribution in [3.05, 3.63) is 34.9 Å². The molecule has 1 atom stereocenters. The van der Waals surface area contributed by atoms with Crippen LogP contribution < -0.4 is 5.73 Å². The number of nitrogens with two attached hydrogens (primary N) is 1. The SMILES string of the molecule is CS(=O)(=O)CCC(N)C(=O)N1CCCN(Cc2ccc(Cl)cc2)CC1.Cl.Cl. The molecule has 0 radical (unpaired) electrons. The van der Waals surface area contributed by atoms with E-state index in [1.807, 2.05) is 24.3 Å². The van der Waals surface area contributed by atoms with E-state index in [0.717, 1.165) is 37.3 Å². The lowest BCUT2D eigenvalue weighted by Gasteiger charge is -2.24. The van der Waals surface area contributed by atoms with Gasteiger partial charge in [-0.2, -0.15) is 0 Å². The first-order valence-electron chi connectivity index (χ1n) is 8.43. The highest BCUT2D eigenvalue weighted by Crippen LogP contribution is 2.13. The fourth-order valence-electron chi connectivity index (χ4n) is 2.90. The number of halogens is 3. The summed E-state index contributed by atoms with van der Waals surface area (Å²) < 4.78 is 22.5. The number of rotatable bonds is 6. The van der Waals surface area contributed by atoms with Gasteiger partial charge in [-0.1, -0.05) is 23.7 Å². The molecule has 1 unspecified atom stereocenters. The molecular weight excluding hydrogens is 433 g/mol. The molecule has 1 aliphatic heterocycles. The molecule has 1 aromatic carbocycles. The summed E-state index contributed by atoms with van der Waals surface area (Å²) in [7, 11) is -3.11. The van der Waals surface area contributed by atoms with E-state index < -0.39 is 15.9 Å². The number of hydrogen-bond acceptors (Lipinski definition) is 5. The van der Waals surface area contributed by atoms with E-state index in [4.69, 9.17) is 17.3 Å². The summed E-state index contributed by atoms with van der Waals surface area (Å²) in [6.07, 6.45) is 2.20. The average Bonchev–Trinajstić information content (AvgIpc) is 2.79. The zero-order valence-electron chi connectivity index (χ0n) is 15.3. The van der Waals surface area contributed by atoms with Crippen molar-refractivity contribution in [3.63, 3.8) is 0 Å². The summed E-state index contributed by atoms with van der Waals surface area (Å²) in [5, 5.41) is 0.722. The molecule has 156 valence electrons. The van der Waals surface area contributed by atoms with Gasteiger partial charge in [-0.15, -0.1) is 24.8 Å². The van der Waals surface area contributed by atoms with Crippen LogP contribution in [0.1, 0.15) is 18.4 Å². The smallest absolute Gasteiger partial charge is 0.239 e. The fraction of sp³-hybridized carbons (Fsp3) is 0.588. The van der Waals surface area contributed by atoms with Gasteiger partial charge in [-0.05, 0) is 30.5 Å². The fourth-order valence-corrected chi connectivity index (χ4v) is 3.70. The number of benzene rings is 1. The largest absolute Gasteiger partial charge is 0.340 e. The lowest BCUT2D eigenvalue weighted by molar-refractivity contribution is -0.132. The van der Waals surface area contributed by atoms with Crippen molar-refractivity contribution in [2.75, 3.05) is 38.2 Å². The van der Waals surface area contributed by atoms with E-state index in [2.05, 4.69) is 4.90 Å². The molecule has 0 aliphatic carbocycles. The summed E-state index contributed by atoms with van der Waals surface area (Å²) >= 11 is 5.91. The summed E-state index contributed by atoms with van der Waals surface area (Å²) in [6.45, 7) is 3.76. The van der Waals surface area contributed by atoms with Gasteiger partial charge in [0.25, 0.3) is 0 Å². The number of amides is 1. The van der Waals surface area contributed by atoms with E-state index in [1.54, 1.807) is 4.90 Å². The second kappa shape index (κ2) is 12.1. The molecule has 10 heteroatoms. The van der Waals surface area contributed by atoms with E-state index in [-0.39, 0.29) is 42.9 Å². The van der Waals surface area contributed by atoms with Crippen LogP contribution in [0.3, 0.4) is 0 Å². The Hall–Kier alpha value is -0.570. The molecule has 0 spiro atoms. The monoisotopic (exact) mass is 459 g/mol. The molecule has 1 amide bonds. The maximum absolute atomic E-state index is 12.4. The standard InChI is InChI=1S/C17H26ClN3O3S.2ClH/c1-25(23,24)12-7-16(19)17(22)21-9-2-8-20(10-11-21)13-14-3-5-15(18)6-4-14;;/h3-6,16H,2,7-13,19H2,1H3;2*1H. The van der Waals surface area contributed by atoms with E-state index >= 15 is 0 Å². The predicted octanol–water partition coefficient (Wildman–Crippen LogP) is 1.98. The molecule has 1 heterocycles. The first-order valence-corrected chi connectivity index (χ1v) is 10.9. The summed E-state index contributed by atoms with van der Waals surface area (Å²) in [6, 6.07) is 7.03. The van der Waals surface area contributed by atoms with Gasteiger partial charge < -0.3 is 10.6 Å². The summed E-state index contributed by atoms with van der Waals surface area (Å²) in [4.78, 5) is 16.5. The van der Waals surface area contributed by atoms with Crippen molar-refractivity contribution in [2.24, 2.45) is 5.73 Å². The topological polar surface area (TPSA) is 83.7 Å². The van der Waals surface area contributed by atoms with Crippen LogP contribution in [-0.2, 0) is 21.2 Å². The van der Waals surface area contributed by atoms with E-state index in [1.165, 1.54) is 5.56 Å². The highest BCUT2D eigenvalue weighted by Gasteiger charge is 2.24. The first kappa shape index (κ1) is 26.4. The number of nitrogens with zero attached hydrogens (tertiary/aromatic N) is 2. The maximum Gasteiger partial charge on any atom is 0.239 e. The van der Waals surface area contributed by atoms with Gasteiger partial charge >= 0.3 is 0 Å². The number of hydrogen-bond donors (Lipinski definition) is 1. The second-order valence-corrected chi connectivity index (χ2v) is 9.30. The van der Waals surface area contributed by atoms with E-state index in [9.17, 15) is 13.2 Å². The van der Waals surface area contributed by atoms with Crippen molar-refractivity contribution in [1.82, 2.24) is 9.80 Å². The van der Waals surface area contributed by atoms with Crippen LogP contribution in [0.4, 0.5) is 0 Å². The summed E-state index contributed by atoms with van der Waals surface area (Å²) in [5.74, 6) is -0.215. The minimum Gasteiger partial charge on any atom is -0.340 e. The van der Waals surface area contributed by atoms with Crippen LogP contribution in [0.5, 0.6) is 0 Å². The highest BCUT2D eigenvalue weighted by molar-refractivity contribution is 7.90. The van der Waals surface area contributed by atoms with Gasteiger partial charge in [0.05, 0.1) is 11.8 Å².